The third-order valence-corrected chi connectivity index (χ3v) is 11.1. The van der Waals surface area contributed by atoms with Crippen LogP contribution in [0.15, 0.2) is 170 Å². The summed E-state index contributed by atoms with van der Waals surface area (Å²) in [5.74, 6) is 0. The Hall–Kier alpha value is -5.76. The van der Waals surface area contributed by atoms with Crippen molar-refractivity contribution in [3.05, 3.63) is 170 Å². The molecule has 1 heterocycles. The van der Waals surface area contributed by atoms with E-state index >= 15 is 0 Å². The standard InChI is InChI=1S/C46H28S/c1-3-17-31-29(13-1)15-9-22-34(31)43-36-20-5-6-21-37(36)44(35-23-10-16-30-14-2-4-18-32(30)35)45-38(24-11-27-41(43)45)40-26-12-25-39-33-19-7-8-28-42(33)47-46(39)40/h1-28H. The number of hydrogen-bond acceptors (Lipinski definition) is 1. The fourth-order valence-electron chi connectivity index (χ4n) is 7.87. The molecule has 47 heavy (non-hydrogen) atoms. The molecule has 0 aliphatic rings. The summed E-state index contributed by atoms with van der Waals surface area (Å²) < 4.78 is 2.66. The highest BCUT2D eigenvalue weighted by atomic mass is 32.1. The second-order valence-corrected chi connectivity index (χ2v) is 13.4. The molecule has 9 aromatic carbocycles. The van der Waals surface area contributed by atoms with Crippen molar-refractivity contribution in [1.29, 1.82) is 0 Å². The third-order valence-electron chi connectivity index (χ3n) is 9.86. The Kier molecular flexibility index (Phi) is 5.85. The van der Waals surface area contributed by atoms with Crippen molar-refractivity contribution < 1.29 is 0 Å². The molecule has 0 saturated carbocycles. The van der Waals surface area contributed by atoms with E-state index in [2.05, 4.69) is 170 Å². The van der Waals surface area contributed by atoms with Crippen molar-refractivity contribution in [3.8, 4) is 33.4 Å². The third kappa shape index (κ3) is 3.94. The topological polar surface area (TPSA) is 0 Å². The summed E-state index contributed by atoms with van der Waals surface area (Å²) in [6, 6.07) is 62.8. The van der Waals surface area contributed by atoms with Crippen LogP contribution in [0, 0.1) is 0 Å². The summed E-state index contributed by atoms with van der Waals surface area (Å²) in [7, 11) is 0. The van der Waals surface area contributed by atoms with E-state index in [1.807, 2.05) is 11.3 Å². The largest absolute Gasteiger partial charge is 0.135 e. The van der Waals surface area contributed by atoms with E-state index in [1.165, 1.54) is 96.6 Å². The molecular weight excluding hydrogens is 585 g/mol. The van der Waals surface area contributed by atoms with Crippen LogP contribution in [0.1, 0.15) is 0 Å². The van der Waals surface area contributed by atoms with E-state index < -0.39 is 0 Å². The maximum Gasteiger partial charge on any atom is 0.0434 e. The van der Waals surface area contributed by atoms with E-state index in [1.54, 1.807) is 0 Å². The van der Waals surface area contributed by atoms with Crippen LogP contribution in [-0.2, 0) is 0 Å². The van der Waals surface area contributed by atoms with Gasteiger partial charge in [-0.1, -0.05) is 164 Å². The highest BCUT2D eigenvalue weighted by Gasteiger charge is 2.22. The molecule has 0 aliphatic carbocycles. The summed E-state index contributed by atoms with van der Waals surface area (Å²) in [5, 5.41) is 12.8. The van der Waals surface area contributed by atoms with Crippen LogP contribution >= 0.6 is 11.3 Å². The summed E-state index contributed by atoms with van der Waals surface area (Å²) in [4.78, 5) is 0. The van der Waals surface area contributed by atoms with Gasteiger partial charge in [0.25, 0.3) is 0 Å². The Bertz CT molecular complexity index is 2840. The van der Waals surface area contributed by atoms with Gasteiger partial charge in [-0.3, -0.25) is 0 Å². The molecule has 1 aromatic heterocycles. The number of benzene rings is 9. The van der Waals surface area contributed by atoms with Gasteiger partial charge >= 0.3 is 0 Å². The zero-order valence-corrected chi connectivity index (χ0v) is 26.4. The molecule has 0 bridgehead atoms. The van der Waals surface area contributed by atoms with E-state index in [0.29, 0.717) is 0 Å². The summed E-state index contributed by atoms with van der Waals surface area (Å²) in [5.41, 5.74) is 7.69. The van der Waals surface area contributed by atoms with E-state index in [4.69, 9.17) is 0 Å². The fraction of sp³-hybridized carbons (Fsp3) is 0. The van der Waals surface area contributed by atoms with Crippen LogP contribution in [0.4, 0.5) is 0 Å². The van der Waals surface area contributed by atoms with Crippen LogP contribution in [0.5, 0.6) is 0 Å². The van der Waals surface area contributed by atoms with Crippen molar-refractivity contribution in [3.63, 3.8) is 0 Å². The predicted molar refractivity (Wildman–Crippen MR) is 206 cm³/mol. The molecule has 0 atom stereocenters. The number of fused-ring (bicyclic) bond motifs is 7. The van der Waals surface area contributed by atoms with Crippen LogP contribution in [0.3, 0.4) is 0 Å². The first-order valence-electron chi connectivity index (χ1n) is 16.2. The van der Waals surface area contributed by atoms with Gasteiger partial charge in [0.1, 0.15) is 0 Å². The number of rotatable bonds is 3. The smallest absolute Gasteiger partial charge is 0.0434 e. The first kappa shape index (κ1) is 26.5. The molecule has 0 unspecified atom stereocenters. The van der Waals surface area contributed by atoms with Gasteiger partial charge in [-0.05, 0) is 77.0 Å². The minimum absolute atomic E-state index is 1.25. The zero-order chi connectivity index (χ0) is 30.9. The van der Waals surface area contributed by atoms with Gasteiger partial charge in [0.15, 0.2) is 0 Å². The van der Waals surface area contributed by atoms with Crippen LogP contribution in [0.25, 0.3) is 96.6 Å². The highest BCUT2D eigenvalue weighted by molar-refractivity contribution is 7.26. The molecule has 10 rings (SSSR count). The summed E-state index contributed by atoms with van der Waals surface area (Å²) in [6.45, 7) is 0. The van der Waals surface area contributed by atoms with Crippen molar-refractivity contribution in [2.45, 2.75) is 0 Å². The van der Waals surface area contributed by atoms with Gasteiger partial charge in [0.05, 0.1) is 0 Å². The first-order chi connectivity index (χ1) is 23.3. The lowest BCUT2D eigenvalue weighted by Crippen LogP contribution is -1.94. The van der Waals surface area contributed by atoms with Gasteiger partial charge in [0, 0.05) is 25.7 Å². The second kappa shape index (κ2) is 10.4. The van der Waals surface area contributed by atoms with Gasteiger partial charge in [-0.15, -0.1) is 11.3 Å². The minimum atomic E-state index is 1.25. The molecular formula is C46H28S. The lowest BCUT2D eigenvalue weighted by molar-refractivity contribution is 1.67. The van der Waals surface area contributed by atoms with Crippen LogP contribution in [0.2, 0.25) is 0 Å². The summed E-state index contributed by atoms with van der Waals surface area (Å²) >= 11 is 1.90. The Morgan fingerprint density at radius 1 is 0.277 bits per heavy atom. The second-order valence-electron chi connectivity index (χ2n) is 12.4. The SMILES string of the molecule is c1ccc2c(-c3c4ccccc4c(-c4cccc5ccccc45)c4c(-c5cccc6c5sc5ccccc56)cccc34)cccc2c1. The molecule has 0 amide bonds. The highest BCUT2D eigenvalue weighted by Crippen LogP contribution is 2.50. The fourth-order valence-corrected chi connectivity index (χ4v) is 9.10. The number of hydrogen-bond donors (Lipinski definition) is 0. The van der Waals surface area contributed by atoms with Crippen molar-refractivity contribution in [2.24, 2.45) is 0 Å². The van der Waals surface area contributed by atoms with E-state index in [-0.39, 0.29) is 0 Å². The lowest BCUT2D eigenvalue weighted by Gasteiger charge is -2.22. The minimum Gasteiger partial charge on any atom is -0.135 e. The van der Waals surface area contributed by atoms with Gasteiger partial charge < -0.3 is 0 Å². The molecule has 218 valence electrons. The van der Waals surface area contributed by atoms with Gasteiger partial charge in [0.2, 0.25) is 0 Å². The van der Waals surface area contributed by atoms with E-state index in [9.17, 15) is 0 Å². The molecule has 10 aromatic rings. The lowest BCUT2D eigenvalue weighted by atomic mass is 9.81. The van der Waals surface area contributed by atoms with Gasteiger partial charge in [-0.25, -0.2) is 0 Å². The van der Waals surface area contributed by atoms with Crippen LogP contribution < -0.4 is 0 Å². The Balaban J connectivity index is 1.45. The average molecular weight is 613 g/mol. The predicted octanol–water partition coefficient (Wildman–Crippen LogP) is 13.7. The first-order valence-corrected chi connectivity index (χ1v) is 17.0. The van der Waals surface area contributed by atoms with Crippen LogP contribution in [-0.4, -0.2) is 0 Å². The molecule has 0 radical (unpaired) electrons. The van der Waals surface area contributed by atoms with Crippen molar-refractivity contribution >= 4 is 74.6 Å². The Morgan fingerprint density at radius 2 is 0.723 bits per heavy atom. The van der Waals surface area contributed by atoms with E-state index in [0.717, 1.165) is 0 Å². The Morgan fingerprint density at radius 3 is 1.43 bits per heavy atom. The molecule has 0 spiro atoms. The zero-order valence-electron chi connectivity index (χ0n) is 25.6. The van der Waals surface area contributed by atoms with Gasteiger partial charge in [-0.2, -0.15) is 0 Å². The maximum atomic E-state index is 2.35. The quantitative estimate of drug-likeness (QED) is 0.174. The number of thiophene rings is 1. The monoisotopic (exact) mass is 612 g/mol. The molecule has 1 heteroatoms. The van der Waals surface area contributed by atoms with Crippen molar-refractivity contribution in [2.75, 3.05) is 0 Å². The maximum absolute atomic E-state index is 2.35. The molecule has 0 nitrogen and oxygen atoms in total. The van der Waals surface area contributed by atoms with Crippen molar-refractivity contribution in [1.82, 2.24) is 0 Å². The Labute approximate surface area is 276 Å². The average Bonchev–Trinajstić information content (AvgIpc) is 3.52. The summed E-state index contributed by atoms with van der Waals surface area (Å²) in [6.07, 6.45) is 0. The molecule has 0 fully saturated rings. The molecule has 0 aliphatic heterocycles. The molecule has 0 saturated heterocycles. The normalized spacial score (nSPS) is 11.8. The molecule has 0 N–H and O–H groups in total.